The minimum Gasteiger partial charge on any atom is -0.480 e. The van der Waals surface area contributed by atoms with E-state index < -0.39 is 29.5 Å². The Kier molecular flexibility index (Phi) is 3.98. The van der Waals surface area contributed by atoms with Gasteiger partial charge >= 0.3 is 12.1 Å². The van der Waals surface area contributed by atoms with Crippen LogP contribution in [0, 0.1) is 0 Å². The van der Waals surface area contributed by atoms with E-state index in [1.165, 1.54) is 6.92 Å². The Morgan fingerprint density at radius 2 is 1.82 bits per heavy atom. The Labute approximate surface area is 122 Å². The van der Waals surface area contributed by atoms with Gasteiger partial charge in [0.05, 0.1) is 11.8 Å². The predicted molar refractivity (Wildman–Crippen MR) is 67.2 cm³/mol. The topological polar surface area (TPSA) is 85.1 Å². The highest BCUT2D eigenvalue weighted by Gasteiger charge is 2.30. The molecule has 0 spiro atoms. The largest absolute Gasteiger partial charge is 0.480 e. The van der Waals surface area contributed by atoms with E-state index in [2.05, 4.69) is 10.3 Å². The zero-order valence-electron chi connectivity index (χ0n) is 11.2. The first kappa shape index (κ1) is 15.7. The lowest BCUT2D eigenvalue weighted by molar-refractivity contribution is -0.140. The van der Waals surface area contributed by atoms with Crippen molar-refractivity contribution in [2.24, 2.45) is 0 Å². The molecule has 0 saturated carbocycles. The molecule has 0 saturated heterocycles. The number of hydrogen-bond acceptors (Lipinski definition) is 4. The van der Waals surface area contributed by atoms with Gasteiger partial charge in [0, 0.05) is 5.56 Å². The summed E-state index contributed by atoms with van der Waals surface area (Å²) in [5.41, 5.74) is -1.01. The number of alkyl halides is 3. The predicted octanol–water partition coefficient (Wildman–Crippen LogP) is 2.17. The van der Waals surface area contributed by atoms with Crippen LogP contribution in [0.4, 0.5) is 13.2 Å². The molecule has 0 radical (unpaired) electrons. The molecule has 2 aromatic rings. The Balaban J connectivity index is 2.23. The Hall–Kier alpha value is -2.71. The van der Waals surface area contributed by atoms with Gasteiger partial charge < -0.3 is 5.11 Å². The summed E-state index contributed by atoms with van der Waals surface area (Å²) in [6.07, 6.45) is -3.35. The smallest absolute Gasteiger partial charge is 0.416 e. The number of carboxylic acid groups (broad SMARTS) is 1. The number of carbonyl (C=O) groups excluding carboxylic acids is 1. The van der Waals surface area contributed by atoms with Crippen LogP contribution in [0.1, 0.15) is 34.6 Å². The maximum atomic E-state index is 12.4. The van der Waals surface area contributed by atoms with Gasteiger partial charge in [0.2, 0.25) is 5.78 Å². The molecule has 0 amide bonds. The first-order valence-corrected chi connectivity index (χ1v) is 6.06. The molecular formula is C13H10F3N3O3. The van der Waals surface area contributed by atoms with Crippen LogP contribution in [0.5, 0.6) is 0 Å². The standard InChI is InChI=1S/C13H10F3N3O3/c1-7(12(21)22)19-6-10(17-18-19)11(20)8-2-4-9(5-3-8)13(14,15)16/h2-7H,1H3,(H,21,22). The SMILES string of the molecule is CC(C(=O)O)n1cc(C(=O)c2ccc(C(F)(F)F)cc2)nn1. The lowest BCUT2D eigenvalue weighted by atomic mass is 10.1. The second kappa shape index (κ2) is 5.58. The minimum atomic E-state index is -4.48. The number of hydrogen-bond donors (Lipinski definition) is 1. The number of aromatic nitrogens is 3. The maximum absolute atomic E-state index is 12.4. The third kappa shape index (κ3) is 3.13. The first-order valence-electron chi connectivity index (χ1n) is 6.06. The van der Waals surface area contributed by atoms with Gasteiger partial charge in [-0.05, 0) is 19.1 Å². The van der Waals surface area contributed by atoms with Crippen LogP contribution < -0.4 is 0 Å². The van der Waals surface area contributed by atoms with E-state index >= 15 is 0 Å². The van der Waals surface area contributed by atoms with Crippen LogP contribution in [0.15, 0.2) is 30.5 Å². The van der Waals surface area contributed by atoms with E-state index in [9.17, 15) is 22.8 Å². The molecule has 1 aromatic carbocycles. The second-order valence-electron chi connectivity index (χ2n) is 4.50. The number of halogens is 3. The number of ketones is 1. The molecule has 116 valence electrons. The van der Waals surface area contributed by atoms with Crippen molar-refractivity contribution in [3.8, 4) is 0 Å². The molecule has 1 atom stereocenters. The molecule has 0 bridgehead atoms. The van der Waals surface area contributed by atoms with Crippen LogP contribution in [0.3, 0.4) is 0 Å². The third-order valence-corrected chi connectivity index (χ3v) is 2.97. The molecule has 22 heavy (non-hydrogen) atoms. The monoisotopic (exact) mass is 313 g/mol. The number of nitrogens with zero attached hydrogens (tertiary/aromatic N) is 3. The highest BCUT2D eigenvalue weighted by Crippen LogP contribution is 2.29. The summed E-state index contributed by atoms with van der Waals surface area (Å²) in [4.78, 5) is 22.9. The summed E-state index contributed by atoms with van der Waals surface area (Å²) in [7, 11) is 0. The first-order chi connectivity index (χ1) is 10.2. The lowest BCUT2D eigenvalue weighted by Gasteiger charge is -2.06. The number of rotatable bonds is 4. The Bertz CT molecular complexity index is 707. The number of benzene rings is 1. The minimum absolute atomic E-state index is 0.00280. The van der Waals surface area contributed by atoms with Crippen molar-refractivity contribution in [1.82, 2.24) is 15.0 Å². The fourth-order valence-corrected chi connectivity index (χ4v) is 1.64. The zero-order chi connectivity index (χ0) is 16.5. The van der Waals surface area contributed by atoms with Crippen LogP contribution in [-0.2, 0) is 11.0 Å². The van der Waals surface area contributed by atoms with Crippen molar-refractivity contribution < 1.29 is 27.9 Å². The summed E-state index contributed by atoms with van der Waals surface area (Å²) < 4.78 is 38.3. The molecule has 0 aliphatic rings. The van der Waals surface area contributed by atoms with Crippen molar-refractivity contribution in [3.05, 3.63) is 47.3 Å². The van der Waals surface area contributed by atoms with E-state index in [1.807, 2.05) is 0 Å². The normalized spacial score (nSPS) is 12.9. The van der Waals surface area contributed by atoms with Gasteiger partial charge in [-0.2, -0.15) is 13.2 Å². The molecule has 1 N–H and O–H groups in total. The van der Waals surface area contributed by atoms with Gasteiger partial charge in [0.25, 0.3) is 0 Å². The summed E-state index contributed by atoms with van der Waals surface area (Å²) in [5.74, 6) is -1.80. The highest BCUT2D eigenvalue weighted by atomic mass is 19.4. The molecule has 0 aliphatic heterocycles. The van der Waals surface area contributed by atoms with Crippen LogP contribution in [-0.4, -0.2) is 31.9 Å². The molecule has 2 rings (SSSR count). The van der Waals surface area contributed by atoms with Gasteiger partial charge in [-0.1, -0.05) is 17.3 Å². The van der Waals surface area contributed by atoms with Crippen molar-refractivity contribution in [1.29, 1.82) is 0 Å². The van der Waals surface area contributed by atoms with Gasteiger partial charge in [0.1, 0.15) is 6.04 Å². The van der Waals surface area contributed by atoms with E-state index in [1.54, 1.807) is 0 Å². The van der Waals surface area contributed by atoms with E-state index in [0.717, 1.165) is 35.1 Å². The van der Waals surface area contributed by atoms with Crippen LogP contribution >= 0.6 is 0 Å². The van der Waals surface area contributed by atoms with Crippen molar-refractivity contribution in [2.45, 2.75) is 19.1 Å². The van der Waals surface area contributed by atoms with Gasteiger partial charge in [0.15, 0.2) is 5.69 Å². The van der Waals surface area contributed by atoms with E-state index in [-0.39, 0.29) is 11.3 Å². The molecule has 0 fully saturated rings. The molecule has 1 unspecified atom stereocenters. The number of carboxylic acids is 1. The molecule has 0 aliphatic carbocycles. The zero-order valence-corrected chi connectivity index (χ0v) is 11.2. The molecular weight excluding hydrogens is 303 g/mol. The van der Waals surface area contributed by atoms with Gasteiger partial charge in [-0.15, -0.1) is 5.10 Å². The molecule has 6 nitrogen and oxygen atoms in total. The third-order valence-electron chi connectivity index (χ3n) is 2.97. The average Bonchev–Trinajstić information content (AvgIpc) is 2.94. The molecule has 1 heterocycles. The quantitative estimate of drug-likeness (QED) is 0.874. The fourth-order valence-electron chi connectivity index (χ4n) is 1.64. The number of aliphatic carboxylic acids is 1. The van der Waals surface area contributed by atoms with Crippen LogP contribution in [0.2, 0.25) is 0 Å². The lowest BCUT2D eigenvalue weighted by Crippen LogP contribution is -2.16. The second-order valence-corrected chi connectivity index (χ2v) is 4.50. The number of carbonyl (C=O) groups is 2. The van der Waals surface area contributed by atoms with Crippen molar-refractivity contribution >= 4 is 11.8 Å². The average molecular weight is 313 g/mol. The summed E-state index contributed by atoms with van der Waals surface area (Å²) in [6, 6.07) is 2.63. The molecule has 9 heteroatoms. The van der Waals surface area contributed by atoms with Crippen molar-refractivity contribution in [2.75, 3.05) is 0 Å². The van der Waals surface area contributed by atoms with Crippen LogP contribution in [0.25, 0.3) is 0 Å². The summed E-state index contributed by atoms with van der Waals surface area (Å²) in [6.45, 7) is 1.35. The van der Waals surface area contributed by atoms with E-state index in [0.29, 0.717) is 0 Å². The Morgan fingerprint density at radius 3 is 2.32 bits per heavy atom. The fraction of sp³-hybridized carbons (Fsp3) is 0.231. The maximum Gasteiger partial charge on any atom is 0.416 e. The van der Waals surface area contributed by atoms with Gasteiger partial charge in [-0.3, -0.25) is 4.79 Å². The highest BCUT2D eigenvalue weighted by molar-refractivity contribution is 6.07. The van der Waals surface area contributed by atoms with Gasteiger partial charge in [-0.25, -0.2) is 9.48 Å². The van der Waals surface area contributed by atoms with Crippen molar-refractivity contribution in [3.63, 3.8) is 0 Å². The van der Waals surface area contributed by atoms with E-state index in [4.69, 9.17) is 5.11 Å². The summed E-state index contributed by atoms with van der Waals surface area (Å²) >= 11 is 0. The molecule has 1 aromatic heterocycles. The summed E-state index contributed by atoms with van der Waals surface area (Å²) in [5, 5.41) is 15.9. The Morgan fingerprint density at radius 1 is 1.23 bits per heavy atom.